The molecule has 0 saturated heterocycles. The van der Waals surface area contributed by atoms with Crippen LogP contribution in [0.1, 0.15) is 13.3 Å². The highest BCUT2D eigenvalue weighted by atomic mass is 16.6. The van der Waals surface area contributed by atoms with Crippen molar-refractivity contribution in [2.24, 2.45) is 0 Å². The fourth-order valence-electron chi connectivity index (χ4n) is 2.05. The summed E-state index contributed by atoms with van der Waals surface area (Å²) in [5.74, 6) is 2.26. The lowest BCUT2D eigenvalue weighted by molar-refractivity contribution is -0.384. The van der Waals surface area contributed by atoms with Crippen molar-refractivity contribution < 1.29 is 23.9 Å². The Morgan fingerprint density at radius 2 is 1.48 bits per heavy atom. The summed E-state index contributed by atoms with van der Waals surface area (Å²) in [7, 11) is 1.44. The first-order valence-corrected chi connectivity index (χ1v) is 7.95. The molecule has 0 saturated carbocycles. The van der Waals surface area contributed by atoms with Gasteiger partial charge in [-0.1, -0.05) is 6.92 Å². The monoisotopic (exact) mass is 347 g/mol. The van der Waals surface area contributed by atoms with Gasteiger partial charge >= 0.3 is 0 Å². The molecule has 0 unspecified atom stereocenters. The van der Waals surface area contributed by atoms with Crippen LogP contribution < -0.4 is 18.9 Å². The highest BCUT2D eigenvalue weighted by molar-refractivity contribution is 5.48. The lowest BCUT2D eigenvalue weighted by Crippen LogP contribution is -2.09. The Morgan fingerprint density at radius 1 is 0.880 bits per heavy atom. The van der Waals surface area contributed by atoms with Gasteiger partial charge in [-0.15, -0.1) is 0 Å². The van der Waals surface area contributed by atoms with E-state index in [0.717, 1.165) is 12.2 Å². The van der Waals surface area contributed by atoms with Crippen LogP contribution in [0.25, 0.3) is 0 Å². The molecule has 2 aromatic carbocycles. The van der Waals surface area contributed by atoms with Crippen LogP contribution in [-0.2, 0) is 0 Å². The minimum absolute atomic E-state index is 0.0502. The van der Waals surface area contributed by atoms with Crippen molar-refractivity contribution in [2.75, 3.05) is 26.9 Å². The molecule has 2 rings (SSSR count). The molecule has 0 fully saturated rings. The fourth-order valence-corrected chi connectivity index (χ4v) is 2.05. The number of ether oxygens (including phenoxy) is 4. The number of nitrogens with zero attached hydrogens (tertiary/aromatic N) is 1. The van der Waals surface area contributed by atoms with Crippen LogP contribution in [0.3, 0.4) is 0 Å². The molecule has 0 radical (unpaired) electrons. The van der Waals surface area contributed by atoms with E-state index in [-0.39, 0.29) is 12.3 Å². The van der Waals surface area contributed by atoms with Gasteiger partial charge in [-0.3, -0.25) is 10.1 Å². The third-order valence-corrected chi connectivity index (χ3v) is 3.26. The summed E-state index contributed by atoms with van der Waals surface area (Å²) < 4.78 is 21.8. The molecule has 0 aliphatic heterocycles. The molecule has 0 heterocycles. The normalized spacial score (nSPS) is 10.2. The van der Waals surface area contributed by atoms with Crippen LogP contribution in [0, 0.1) is 10.1 Å². The molecule has 2 aromatic rings. The zero-order valence-electron chi connectivity index (χ0n) is 14.3. The standard InChI is InChI=1S/C18H21NO6/c1-3-10-23-15-5-7-16(8-6-15)24-11-12-25-17-9-4-14(19(20)21)13-18(17)22-2/h4-9,13H,3,10-12H2,1-2H3. The number of hydrogen-bond donors (Lipinski definition) is 0. The molecule has 0 aliphatic rings. The maximum absolute atomic E-state index is 10.8. The Hall–Kier alpha value is -2.96. The van der Waals surface area contributed by atoms with Gasteiger partial charge in [-0.05, 0) is 36.8 Å². The van der Waals surface area contributed by atoms with Crippen molar-refractivity contribution in [1.82, 2.24) is 0 Å². The zero-order chi connectivity index (χ0) is 18.1. The third-order valence-electron chi connectivity index (χ3n) is 3.26. The first-order chi connectivity index (χ1) is 12.1. The van der Waals surface area contributed by atoms with Crippen molar-refractivity contribution in [3.05, 3.63) is 52.6 Å². The largest absolute Gasteiger partial charge is 0.494 e. The van der Waals surface area contributed by atoms with E-state index in [4.69, 9.17) is 18.9 Å². The average molecular weight is 347 g/mol. The smallest absolute Gasteiger partial charge is 0.273 e. The maximum Gasteiger partial charge on any atom is 0.273 e. The van der Waals surface area contributed by atoms with E-state index in [1.54, 1.807) is 0 Å². The van der Waals surface area contributed by atoms with Gasteiger partial charge in [0.25, 0.3) is 5.69 Å². The van der Waals surface area contributed by atoms with E-state index in [1.807, 2.05) is 24.3 Å². The van der Waals surface area contributed by atoms with Gasteiger partial charge in [0.2, 0.25) is 0 Å². The van der Waals surface area contributed by atoms with Crippen LogP contribution in [0.5, 0.6) is 23.0 Å². The maximum atomic E-state index is 10.8. The summed E-state index contributed by atoms with van der Waals surface area (Å²) in [4.78, 5) is 10.3. The van der Waals surface area contributed by atoms with Crippen molar-refractivity contribution in [2.45, 2.75) is 13.3 Å². The number of nitro benzene ring substituents is 1. The van der Waals surface area contributed by atoms with Gasteiger partial charge < -0.3 is 18.9 Å². The quantitative estimate of drug-likeness (QED) is 0.369. The average Bonchev–Trinajstić information content (AvgIpc) is 2.64. The van der Waals surface area contributed by atoms with Crippen molar-refractivity contribution in [3.8, 4) is 23.0 Å². The highest BCUT2D eigenvalue weighted by Gasteiger charge is 2.12. The Bertz CT molecular complexity index is 686. The number of nitro groups is 1. The summed E-state index contributed by atoms with van der Waals surface area (Å²) in [5, 5.41) is 10.8. The van der Waals surface area contributed by atoms with Gasteiger partial charge in [0.1, 0.15) is 24.7 Å². The van der Waals surface area contributed by atoms with Crippen molar-refractivity contribution in [3.63, 3.8) is 0 Å². The molecular formula is C18H21NO6. The summed E-state index contributed by atoms with van der Waals surface area (Å²) >= 11 is 0. The predicted molar refractivity (Wildman–Crippen MR) is 92.9 cm³/mol. The summed E-state index contributed by atoms with van der Waals surface area (Å²) in [6.07, 6.45) is 0.960. The highest BCUT2D eigenvalue weighted by Crippen LogP contribution is 2.31. The zero-order valence-corrected chi connectivity index (χ0v) is 14.3. The van der Waals surface area contributed by atoms with E-state index in [1.165, 1.54) is 25.3 Å². The first-order valence-electron chi connectivity index (χ1n) is 7.95. The van der Waals surface area contributed by atoms with E-state index in [2.05, 4.69) is 6.92 Å². The number of benzene rings is 2. The van der Waals surface area contributed by atoms with Crippen LogP contribution in [0.15, 0.2) is 42.5 Å². The third kappa shape index (κ3) is 5.56. The minimum atomic E-state index is -0.483. The van der Waals surface area contributed by atoms with Gasteiger partial charge in [-0.2, -0.15) is 0 Å². The van der Waals surface area contributed by atoms with Crippen molar-refractivity contribution in [1.29, 1.82) is 0 Å². The second-order valence-electron chi connectivity index (χ2n) is 5.11. The van der Waals surface area contributed by atoms with Crippen LogP contribution in [-0.4, -0.2) is 31.9 Å². The van der Waals surface area contributed by atoms with E-state index in [9.17, 15) is 10.1 Å². The minimum Gasteiger partial charge on any atom is -0.494 e. The molecule has 0 amide bonds. The van der Waals surface area contributed by atoms with Crippen LogP contribution in [0.4, 0.5) is 5.69 Å². The predicted octanol–water partition coefficient (Wildman–Crippen LogP) is 3.85. The Kier molecular flexibility index (Phi) is 6.88. The van der Waals surface area contributed by atoms with Gasteiger partial charge in [-0.25, -0.2) is 0 Å². The lowest BCUT2D eigenvalue weighted by Gasteiger charge is -2.11. The second kappa shape index (κ2) is 9.36. The molecule has 0 aliphatic carbocycles. The van der Waals surface area contributed by atoms with Crippen LogP contribution in [0.2, 0.25) is 0 Å². The number of hydrogen-bond acceptors (Lipinski definition) is 6. The molecule has 0 N–H and O–H groups in total. The summed E-state index contributed by atoms with van der Waals surface area (Å²) in [6.45, 7) is 3.35. The number of rotatable bonds is 10. The number of non-ortho nitro benzene ring substituents is 1. The van der Waals surface area contributed by atoms with E-state index >= 15 is 0 Å². The van der Waals surface area contributed by atoms with E-state index in [0.29, 0.717) is 30.5 Å². The summed E-state index contributed by atoms with van der Waals surface area (Å²) in [5.41, 5.74) is -0.0502. The number of methoxy groups -OCH3 is 1. The SMILES string of the molecule is CCCOc1ccc(OCCOc2ccc([N+](=O)[O-])cc2OC)cc1. The first kappa shape index (κ1) is 18.4. The molecule has 7 nitrogen and oxygen atoms in total. The summed E-state index contributed by atoms with van der Waals surface area (Å²) in [6, 6.07) is 11.6. The Labute approximate surface area is 146 Å². The van der Waals surface area contributed by atoms with Gasteiger partial charge in [0.15, 0.2) is 11.5 Å². The Morgan fingerprint density at radius 3 is 2.04 bits per heavy atom. The molecule has 0 atom stereocenters. The molecule has 7 heteroatoms. The van der Waals surface area contributed by atoms with E-state index < -0.39 is 4.92 Å². The Balaban J connectivity index is 1.81. The lowest BCUT2D eigenvalue weighted by atomic mass is 10.3. The van der Waals surface area contributed by atoms with Gasteiger partial charge in [0, 0.05) is 6.07 Å². The topological polar surface area (TPSA) is 80.1 Å². The second-order valence-corrected chi connectivity index (χ2v) is 5.11. The molecular weight excluding hydrogens is 326 g/mol. The molecule has 0 spiro atoms. The van der Waals surface area contributed by atoms with Gasteiger partial charge in [0.05, 0.1) is 24.7 Å². The molecule has 25 heavy (non-hydrogen) atoms. The molecule has 0 bridgehead atoms. The van der Waals surface area contributed by atoms with Crippen molar-refractivity contribution >= 4 is 5.69 Å². The van der Waals surface area contributed by atoms with Crippen LogP contribution >= 0.6 is 0 Å². The molecule has 134 valence electrons. The fraction of sp³-hybridized carbons (Fsp3) is 0.333. The molecule has 0 aromatic heterocycles.